The summed E-state index contributed by atoms with van der Waals surface area (Å²) >= 11 is 6.00. The summed E-state index contributed by atoms with van der Waals surface area (Å²) in [7, 11) is -6.22. The van der Waals surface area contributed by atoms with Crippen molar-refractivity contribution in [1.82, 2.24) is 14.3 Å². The molecular weight excluding hydrogens is 502 g/mol. The van der Waals surface area contributed by atoms with Crippen molar-refractivity contribution in [3.05, 3.63) is 53.1 Å². The Bertz CT molecular complexity index is 1230. The van der Waals surface area contributed by atoms with Crippen LogP contribution in [0.25, 0.3) is 0 Å². The molecule has 1 atom stereocenters. The van der Waals surface area contributed by atoms with Crippen molar-refractivity contribution in [3.63, 3.8) is 0 Å². The number of ether oxygens (including phenoxy) is 1. The molecule has 1 heterocycles. The highest BCUT2D eigenvalue weighted by atomic mass is 35.5. The number of hydrogen-bond donors (Lipinski definition) is 2. The highest BCUT2D eigenvalue weighted by molar-refractivity contribution is 7.89. The van der Waals surface area contributed by atoms with Crippen molar-refractivity contribution in [2.24, 2.45) is 5.92 Å². The molecule has 2 aromatic rings. The highest BCUT2D eigenvalue weighted by Gasteiger charge is 2.35. The van der Waals surface area contributed by atoms with Crippen molar-refractivity contribution in [1.29, 1.82) is 0 Å². The SMILES string of the molecule is COc1ccc(Cl)cc1S(=O)(=O)N1CCC[C@H](C(=O)NCCNS(=O)(=O)c2ccc(C)cc2)C1. The molecule has 9 nitrogen and oxygen atoms in total. The maximum atomic E-state index is 13.2. The molecule has 0 saturated carbocycles. The average Bonchev–Trinajstić information content (AvgIpc) is 2.82. The fourth-order valence-corrected chi connectivity index (χ4v) is 6.66. The minimum atomic E-state index is -3.92. The van der Waals surface area contributed by atoms with Crippen LogP contribution in [0.5, 0.6) is 5.75 Å². The number of nitrogens with zero attached hydrogens (tertiary/aromatic N) is 1. The van der Waals surface area contributed by atoms with Crippen LogP contribution in [0.15, 0.2) is 52.3 Å². The van der Waals surface area contributed by atoms with Gasteiger partial charge in [0.25, 0.3) is 0 Å². The second-order valence-corrected chi connectivity index (χ2v) is 12.1. The molecule has 12 heteroatoms. The molecule has 2 aromatic carbocycles. The summed E-state index contributed by atoms with van der Waals surface area (Å²) < 4.78 is 60.0. The van der Waals surface area contributed by atoms with Gasteiger partial charge in [-0.05, 0) is 50.1 Å². The largest absolute Gasteiger partial charge is 0.495 e. The van der Waals surface area contributed by atoms with Crippen molar-refractivity contribution in [2.75, 3.05) is 33.3 Å². The molecule has 2 N–H and O–H groups in total. The van der Waals surface area contributed by atoms with Gasteiger partial charge in [-0.1, -0.05) is 29.3 Å². The maximum absolute atomic E-state index is 13.2. The number of sulfonamides is 2. The van der Waals surface area contributed by atoms with Gasteiger partial charge in [0.05, 0.1) is 17.9 Å². The van der Waals surface area contributed by atoms with E-state index in [9.17, 15) is 21.6 Å². The second-order valence-electron chi connectivity index (χ2n) is 8.00. The predicted octanol–water partition coefficient (Wildman–Crippen LogP) is 2.15. The standard InChI is InChI=1S/C22H28ClN3O6S2/c1-16-5-8-19(9-6-16)33(28,29)25-12-11-24-22(27)17-4-3-13-26(15-17)34(30,31)21-14-18(23)7-10-20(21)32-2/h5-10,14,17,25H,3-4,11-13,15H2,1-2H3,(H,24,27)/t17-/m0/s1. The van der Waals surface area contributed by atoms with E-state index in [4.69, 9.17) is 16.3 Å². The molecule has 1 fully saturated rings. The van der Waals surface area contributed by atoms with Gasteiger partial charge in [-0.2, -0.15) is 4.31 Å². The average molecular weight is 530 g/mol. The molecule has 1 aliphatic heterocycles. The summed E-state index contributed by atoms with van der Waals surface area (Å²) in [5, 5.41) is 2.96. The number of piperidine rings is 1. The van der Waals surface area contributed by atoms with Gasteiger partial charge in [0.15, 0.2) is 0 Å². The fourth-order valence-electron chi connectivity index (χ4n) is 3.68. The van der Waals surface area contributed by atoms with Gasteiger partial charge >= 0.3 is 0 Å². The Hall–Kier alpha value is -2.18. The topological polar surface area (TPSA) is 122 Å². The summed E-state index contributed by atoms with van der Waals surface area (Å²) in [4.78, 5) is 12.8. The maximum Gasteiger partial charge on any atom is 0.246 e. The number of nitrogens with one attached hydrogen (secondary N) is 2. The van der Waals surface area contributed by atoms with Gasteiger partial charge < -0.3 is 10.1 Å². The molecule has 186 valence electrons. The van der Waals surface area contributed by atoms with E-state index in [1.54, 1.807) is 18.2 Å². The molecule has 0 spiro atoms. The Morgan fingerprint density at radius 2 is 1.82 bits per heavy atom. The molecule has 0 aromatic heterocycles. The molecule has 0 radical (unpaired) electrons. The van der Waals surface area contributed by atoms with Crippen LogP contribution in [-0.4, -0.2) is 60.3 Å². The Balaban J connectivity index is 1.57. The van der Waals surface area contributed by atoms with Crippen molar-refractivity contribution >= 4 is 37.6 Å². The molecule has 3 rings (SSSR count). The highest BCUT2D eigenvalue weighted by Crippen LogP contribution is 2.31. The lowest BCUT2D eigenvalue weighted by Crippen LogP contribution is -2.46. The van der Waals surface area contributed by atoms with E-state index in [0.29, 0.717) is 12.8 Å². The number of aryl methyl sites for hydroxylation is 1. The third-order valence-corrected chi connectivity index (χ3v) is 9.14. The first kappa shape index (κ1) is 26.4. The van der Waals surface area contributed by atoms with Crippen molar-refractivity contribution < 1.29 is 26.4 Å². The molecule has 1 aliphatic rings. The second kappa shape index (κ2) is 11.0. The van der Waals surface area contributed by atoms with E-state index in [-0.39, 0.29) is 52.6 Å². The van der Waals surface area contributed by atoms with Crippen LogP contribution < -0.4 is 14.8 Å². The first-order valence-corrected chi connectivity index (χ1v) is 14.0. The van der Waals surface area contributed by atoms with Gasteiger partial charge in [-0.25, -0.2) is 21.6 Å². The van der Waals surface area contributed by atoms with Crippen LogP contribution in [0.2, 0.25) is 5.02 Å². The Morgan fingerprint density at radius 3 is 2.50 bits per heavy atom. The fraction of sp³-hybridized carbons (Fsp3) is 0.409. The number of carbonyl (C=O) groups excluding carboxylic acids is 1. The lowest BCUT2D eigenvalue weighted by Gasteiger charge is -2.31. The van der Waals surface area contributed by atoms with Crippen LogP contribution in [0.3, 0.4) is 0 Å². The van der Waals surface area contributed by atoms with E-state index in [1.165, 1.54) is 35.7 Å². The monoisotopic (exact) mass is 529 g/mol. The van der Waals surface area contributed by atoms with E-state index >= 15 is 0 Å². The third kappa shape index (κ3) is 6.28. The molecule has 1 saturated heterocycles. The lowest BCUT2D eigenvalue weighted by atomic mass is 9.99. The van der Waals surface area contributed by atoms with E-state index < -0.39 is 26.0 Å². The summed E-state index contributed by atoms with van der Waals surface area (Å²) in [6.45, 7) is 2.24. The summed E-state index contributed by atoms with van der Waals surface area (Å²) in [5.74, 6) is -0.702. The zero-order valence-corrected chi connectivity index (χ0v) is 21.3. The van der Waals surface area contributed by atoms with E-state index in [0.717, 1.165) is 5.56 Å². The van der Waals surface area contributed by atoms with Crippen LogP contribution in [0.4, 0.5) is 0 Å². The molecule has 0 bridgehead atoms. The summed E-state index contributed by atoms with van der Waals surface area (Å²) in [6, 6.07) is 10.8. The van der Waals surface area contributed by atoms with Gasteiger partial charge in [-0.3, -0.25) is 4.79 Å². The van der Waals surface area contributed by atoms with Gasteiger partial charge in [0.2, 0.25) is 26.0 Å². The normalized spacial score (nSPS) is 17.3. The predicted molar refractivity (Wildman–Crippen MR) is 129 cm³/mol. The number of benzene rings is 2. The quantitative estimate of drug-likeness (QED) is 0.480. The zero-order chi connectivity index (χ0) is 24.9. The van der Waals surface area contributed by atoms with Crippen molar-refractivity contribution in [3.8, 4) is 5.75 Å². The first-order chi connectivity index (χ1) is 16.0. The number of halogens is 1. The minimum Gasteiger partial charge on any atom is -0.495 e. The van der Waals surface area contributed by atoms with Gasteiger partial charge in [0, 0.05) is 31.2 Å². The Morgan fingerprint density at radius 1 is 1.12 bits per heavy atom. The number of carbonyl (C=O) groups is 1. The molecule has 0 aliphatic carbocycles. The summed E-state index contributed by atoms with van der Waals surface area (Å²) in [5.41, 5.74) is 0.948. The molecule has 34 heavy (non-hydrogen) atoms. The van der Waals surface area contributed by atoms with Gasteiger partial charge in [0.1, 0.15) is 10.6 Å². The number of methoxy groups -OCH3 is 1. The minimum absolute atomic E-state index is 0.0103. The Labute approximate surface area is 205 Å². The van der Waals surface area contributed by atoms with E-state index in [1.807, 2.05) is 6.92 Å². The van der Waals surface area contributed by atoms with Crippen LogP contribution in [0, 0.1) is 12.8 Å². The number of rotatable bonds is 9. The zero-order valence-electron chi connectivity index (χ0n) is 19.0. The smallest absolute Gasteiger partial charge is 0.246 e. The van der Waals surface area contributed by atoms with Crippen LogP contribution in [0.1, 0.15) is 18.4 Å². The number of hydrogen-bond acceptors (Lipinski definition) is 6. The summed E-state index contributed by atoms with van der Waals surface area (Å²) in [6.07, 6.45) is 1.04. The lowest BCUT2D eigenvalue weighted by molar-refractivity contribution is -0.126. The molecular formula is C22H28ClN3O6S2. The number of amides is 1. The Kier molecular flexibility index (Phi) is 8.58. The van der Waals surface area contributed by atoms with Crippen molar-refractivity contribution in [2.45, 2.75) is 29.6 Å². The first-order valence-electron chi connectivity index (χ1n) is 10.7. The molecule has 0 unspecified atom stereocenters. The van der Waals surface area contributed by atoms with Crippen LogP contribution in [-0.2, 0) is 24.8 Å². The third-order valence-electron chi connectivity index (χ3n) is 5.55. The van der Waals surface area contributed by atoms with Gasteiger partial charge in [-0.15, -0.1) is 0 Å². The molecule has 1 amide bonds. The van der Waals surface area contributed by atoms with Crippen LogP contribution >= 0.6 is 11.6 Å². The van der Waals surface area contributed by atoms with E-state index in [2.05, 4.69) is 10.0 Å².